The molecule has 0 aliphatic carbocycles. The summed E-state index contributed by atoms with van der Waals surface area (Å²) in [4.78, 5) is 28.7. The van der Waals surface area contributed by atoms with E-state index in [1.54, 1.807) is 9.80 Å². The summed E-state index contributed by atoms with van der Waals surface area (Å²) in [7, 11) is 2.96. The van der Waals surface area contributed by atoms with E-state index >= 15 is 0 Å². The number of fused-ring (bicyclic) bond motifs is 2. The Morgan fingerprint density at radius 2 is 1.35 bits per heavy atom. The topological polar surface area (TPSA) is 86.8 Å². The van der Waals surface area contributed by atoms with E-state index in [4.69, 9.17) is 23.7 Å². The van der Waals surface area contributed by atoms with Crippen molar-refractivity contribution in [3.63, 3.8) is 0 Å². The van der Waals surface area contributed by atoms with E-state index in [-0.39, 0.29) is 51.5 Å². The predicted molar refractivity (Wildman–Crippen MR) is 128 cm³/mol. The fourth-order valence-electron chi connectivity index (χ4n) is 3.64. The van der Waals surface area contributed by atoms with Crippen LogP contribution in [0.3, 0.4) is 0 Å². The number of hydrogen-bond acceptors (Lipinski definition) is 7. The Kier molecular flexibility index (Phi) is 9.69. The summed E-state index contributed by atoms with van der Waals surface area (Å²) < 4.78 is 28.0. The van der Waals surface area contributed by atoms with Gasteiger partial charge in [0.25, 0.3) is 11.8 Å². The minimum atomic E-state index is -0.206. The van der Waals surface area contributed by atoms with Crippen LogP contribution in [0.2, 0.25) is 0 Å². The Morgan fingerprint density at radius 1 is 0.794 bits per heavy atom. The standard InChI is InChI=1S/C25H32N2O7/c1-19-8-9-21-23(16-19)34-15-14-33-22-7-5-4-6-20(22)26(24(28)17-30-2)10-12-32-13-11-27(21)25(29)18-31-3/h4-9,16H,10-15,17-18H2,1-3H3. The fraction of sp³-hybridized carbons (Fsp3) is 0.440. The van der Waals surface area contributed by atoms with Crippen LogP contribution >= 0.6 is 0 Å². The van der Waals surface area contributed by atoms with Gasteiger partial charge in [-0.3, -0.25) is 9.59 Å². The first-order valence-electron chi connectivity index (χ1n) is 11.2. The third kappa shape index (κ3) is 6.69. The maximum atomic E-state index is 12.8. The summed E-state index contributed by atoms with van der Waals surface area (Å²) in [5.74, 6) is 0.729. The SMILES string of the molecule is COCC(=O)N1CCOCCN(C(=O)COC)c2ccc(C)cc2OCCOc2ccccc21. The number of anilines is 2. The maximum Gasteiger partial charge on any atom is 0.253 e. The Hall–Kier alpha value is -3.14. The second kappa shape index (κ2) is 12.9. The van der Waals surface area contributed by atoms with Gasteiger partial charge in [0.05, 0.1) is 24.6 Å². The molecule has 184 valence electrons. The molecule has 2 aromatic rings. The zero-order valence-electron chi connectivity index (χ0n) is 20.0. The molecule has 0 radical (unpaired) electrons. The van der Waals surface area contributed by atoms with Crippen molar-refractivity contribution >= 4 is 23.2 Å². The van der Waals surface area contributed by atoms with Gasteiger partial charge < -0.3 is 33.5 Å². The molecule has 9 heteroatoms. The van der Waals surface area contributed by atoms with Gasteiger partial charge in [0.15, 0.2) is 0 Å². The van der Waals surface area contributed by atoms with Crippen LogP contribution in [0.25, 0.3) is 0 Å². The maximum absolute atomic E-state index is 12.8. The normalized spacial score (nSPS) is 15.1. The molecule has 0 bridgehead atoms. The number of hydrogen-bond donors (Lipinski definition) is 0. The van der Waals surface area contributed by atoms with E-state index < -0.39 is 0 Å². The highest BCUT2D eigenvalue weighted by Gasteiger charge is 2.22. The number of para-hydroxylation sites is 2. The lowest BCUT2D eigenvalue weighted by Gasteiger charge is -2.26. The molecule has 2 amide bonds. The molecule has 0 saturated heterocycles. The molecule has 0 unspecified atom stereocenters. The number of ether oxygens (including phenoxy) is 5. The molecular weight excluding hydrogens is 440 g/mol. The van der Waals surface area contributed by atoms with Gasteiger partial charge in [-0.2, -0.15) is 0 Å². The van der Waals surface area contributed by atoms with E-state index in [0.717, 1.165) is 5.56 Å². The largest absolute Gasteiger partial charge is 0.488 e. The second-order valence-corrected chi connectivity index (χ2v) is 7.70. The van der Waals surface area contributed by atoms with E-state index in [9.17, 15) is 9.59 Å². The van der Waals surface area contributed by atoms with Crippen LogP contribution in [-0.4, -0.2) is 78.8 Å². The van der Waals surface area contributed by atoms with Gasteiger partial charge in [-0.15, -0.1) is 0 Å². The first kappa shape index (κ1) is 25.5. The van der Waals surface area contributed by atoms with Crippen LogP contribution in [0.15, 0.2) is 42.5 Å². The van der Waals surface area contributed by atoms with Crippen LogP contribution in [0, 0.1) is 6.92 Å². The van der Waals surface area contributed by atoms with Crippen molar-refractivity contribution in [1.29, 1.82) is 0 Å². The number of carbonyl (C=O) groups is 2. The monoisotopic (exact) mass is 472 g/mol. The summed E-state index contributed by atoms with van der Waals surface area (Å²) in [6.07, 6.45) is 0. The number of benzene rings is 2. The van der Waals surface area contributed by atoms with Gasteiger partial charge in [0.1, 0.15) is 37.9 Å². The summed E-state index contributed by atoms with van der Waals surface area (Å²) >= 11 is 0. The van der Waals surface area contributed by atoms with Crippen molar-refractivity contribution in [1.82, 2.24) is 0 Å². The first-order valence-corrected chi connectivity index (χ1v) is 11.2. The molecule has 1 aliphatic heterocycles. The van der Waals surface area contributed by atoms with Crippen molar-refractivity contribution in [3.05, 3.63) is 48.0 Å². The number of aryl methyl sites for hydroxylation is 1. The zero-order chi connectivity index (χ0) is 24.3. The summed E-state index contributed by atoms with van der Waals surface area (Å²) in [5, 5.41) is 0. The molecule has 1 aliphatic rings. The van der Waals surface area contributed by atoms with E-state index in [2.05, 4.69) is 0 Å². The molecule has 1 heterocycles. The summed E-state index contributed by atoms with van der Waals surface area (Å²) in [5.41, 5.74) is 2.28. The lowest BCUT2D eigenvalue weighted by Crippen LogP contribution is -2.38. The Labute approximate surface area is 200 Å². The first-order chi connectivity index (χ1) is 16.5. The Bertz CT molecular complexity index is 966. The van der Waals surface area contributed by atoms with Crippen molar-refractivity contribution in [3.8, 4) is 11.5 Å². The highest BCUT2D eigenvalue weighted by molar-refractivity contribution is 5.96. The molecule has 0 spiro atoms. The second-order valence-electron chi connectivity index (χ2n) is 7.70. The molecular formula is C25H32N2O7. The third-order valence-electron chi connectivity index (χ3n) is 5.22. The predicted octanol–water partition coefficient (Wildman–Crippen LogP) is 2.44. The lowest BCUT2D eigenvalue weighted by atomic mass is 10.2. The molecule has 0 atom stereocenters. The summed E-state index contributed by atoms with van der Waals surface area (Å²) in [6.45, 7) is 3.49. The third-order valence-corrected chi connectivity index (χ3v) is 5.22. The molecule has 0 N–H and O–H groups in total. The molecule has 9 nitrogen and oxygen atoms in total. The van der Waals surface area contributed by atoms with Crippen LogP contribution < -0.4 is 19.3 Å². The fourth-order valence-corrected chi connectivity index (χ4v) is 3.64. The van der Waals surface area contributed by atoms with Gasteiger partial charge >= 0.3 is 0 Å². The number of nitrogens with zero attached hydrogens (tertiary/aromatic N) is 2. The van der Waals surface area contributed by atoms with Crippen LogP contribution in [0.1, 0.15) is 5.56 Å². The highest BCUT2D eigenvalue weighted by atomic mass is 16.5. The minimum absolute atomic E-state index is 0.0641. The van der Waals surface area contributed by atoms with Gasteiger partial charge in [-0.1, -0.05) is 18.2 Å². The van der Waals surface area contributed by atoms with Gasteiger partial charge in [0.2, 0.25) is 0 Å². The molecule has 0 saturated carbocycles. The average Bonchev–Trinajstić information content (AvgIpc) is 2.83. The van der Waals surface area contributed by atoms with Gasteiger partial charge in [-0.25, -0.2) is 0 Å². The quantitative estimate of drug-likeness (QED) is 0.676. The Morgan fingerprint density at radius 3 is 1.97 bits per heavy atom. The van der Waals surface area contributed by atoms with Crippen molar-refractivity contribution in [2.75, 3.05) is 76.8 Å². The van der Waals surface area contributed by atoms with Crippen molar-refractivity contribution in [2.45, 2.75) is 6.92 Å². The number of amides is 2. The molecule has 0 fully saturated rings. The Balaban J connectivity index is 1.88. The lowest BCUT2D eigenvalue weighted by molar-refractivity contribution is -0.122. The molecule has 3 rings (SSSR count). The number of carbonyl (C=O) groups excluding carboxylic acids is 2. The van der Waals surface area contributed by atoms with Crippen molar-refractivity contribution in [2.24, 2.45) is 0 Å². The van der Waals surface area contributed by atoms with Crippen LogP contribution in [-0.2, 0) is 23.8 Å². The van der Waals surface area contributed by atoms with Crippen LogP contribution in [0.4, 0.5) is 11.4 Å². The minimum Gasteiger partial charge on any atom is -0.488 e. The van der Waals surface area contributed by atoms with Gasteiger partial charge in [-0.05, 0) is 36.8 Å². The zero-order valence-corrected chi connectivity index (χ0v) is 20.0. The van der Waals surface area contributed by atoms with Crippen LogP contribution in [0.5, 0.6) is 11.5 Å². The molecule has 34 heavy (non-hydrogen) atoms. The average molecular weight is 473 g/mol. The van der Waals surface area contributed by atoms with Gasteiger partial charge in [0, 0.05) is 27.3 Å². The molecule has 2 aromatic carbocycles. The number of rotatable bonds is 4. The highest BCUT2D eigenvalue weighted by Crippen LogP contribution is 2.31. The van der Waals surface area contributed by atoms with Crippen molar-refractivity contribution < 1.29 is 33.3 Å². The molecule has 0 aromatic heterocycles. The van der Waals surface area contributed by atoms with E-state index in [0.29, 0.717) is 36.0 Å². The summed E-state index contributed by atoms with van der Waals surface area (Å²) in [6, 6.07) is 13.0. The smallest absolute Gasteiger partial charge is 0.253 e. The van der Waals surface area contributed by atoms with E-state index in [1.165, 1.54) is 14.2 Å². The van der Waals surface area contributed by atoms with E-state index in [1.807, 2.05) is 49.4 Å². The number of methoxy groups -OCH3 is 2.